The molecule has 0 aliphatic carbocycles. The summed E-state index contributed by atoms with van der Waals surface area (Å²) in [5, 5.41) is 0.0201. The van der Waals surface area contributed by atoms with E-state index in [1.54, 1.807) is 0 Å². The maximum absolute atomic E-state index is 6.62. The molecule has 18 heavy (non-hydrogen) atoms. The van der Waals surface area contributed by atoms with Crippen LogP contribution in [-0.2, 0) is 0 Å². The van der Waals surface area contributed by atoms with Crippen molar-refractivity contribution in [3.05, 3.63) is 70.8 Å². The maximum atomic E-state index is 6.62. The molecule has 2 aromatic carbocycles. The first-order valence-electron chi connectivity index (χ1n) is 6.35. The molecule has 0 saturated heterocycles. The van der Waals surface area contributed by atoms with E-state index in [0.717, 1.165) is 0 Å². The van der Waals surface area contributed by atoms with Crippen LogP contribution in [-0.4, -0.2) is 0 Å². The Morgan fingerprint density at radius 1 is 0.833 bits per heavy atom. The van der Waals surface area contributed by atoms with Gasteiger partial charge in [-0.2, -0.15) is 0 Å². The second-order valence-corrected chi connectivity index (χ2v) is 5.42. The molecule has 2 atom stereocenters. The summed E-state index contributed by atoms with van der Waals surface area (Å²) in [6.07, 6.45) is 0. The van der Waals surface area contributed by atoms with Gasteiger partial charge in [0.2, 0.25) is 0 Å². The van der Waals surface area contributed by atoms with Crippen molar-refractivity contribution in [2.75, 3.05) is 0 Å². The Balaban J connectivity index is 2.25. The summed E-state index contributed by atoms with van der Waals surface area (Å²) in [6.45, 7) is 6.45. The molecule has 0 fully saturated rings. The molecule has 0 saturated carbocycles. The zero-order valence-electron chi connectivity index (χ0n) is 11.2. The van der Waals surface area contributed by atoms with Gasteiger partial charge in [0.05, 0.1) is 5.38 Å². The van der Waals surface area contributed by atoms with Gasteiger partial charge in [-0.3, -0.25) is 0 Å². The Kier molecular flexibility index (Phi) is 4.08. The standard InChI is InChI=1S/C17H19Cl/c1-12-9-10-16(11-13(12)2)17(18)14(3)15-7-5-4-6-8-15/h4-11,14,17H,1-3H3. The average Bonchev–Trinajstić information content (AvgIpc) is 2.41. The van der Waals surface area contributed by atoms with Crippen LogP contribution in [0.3, 0.4) is 0 Å². The lowest BCUT2D eigenvalue weighted by Gasteiger charge is -2.19. The maximum Gasteiger partial charge on any atom is 0.0651 e. The normalized spacial score (nSPS) is 14.2. The van der Waals surface area contributed by atoms with Crippen molar-refractivity contribution in [3.63, 3.8) is 0 Å². The summed E-state index contributed by atoms with van der Waals surface area (Å²) < 4.78 is 0. The number of benzene rings is 2. The molecule has 0 amide bonds. The minimum absolute atomic E-state index is 0.0201. The Morgan fingerprint density at radius 2 is 1.50 bits per heavy atom. The summed E-state index contributed by atoms with van der Waals surface area (Å²) in [5.41, 5.74) is 5.11. The van der Waals surface area contributed by atoms with Gasteiger partial charge in [0.1, 0.15) is 0 Å². The van der Waals surface area contributed by atoms with Crippen molar-refractivity contribution in [3.8, 4) is 0 Å². The zero-order chi connectivity index (χ0) is 13.1. The van der Waals surface area contributed by atoms with Crippen molar-refractivity contribution in [1.29, 1.82) is 0 Å². The van der Waals surface area contributed by atoms with Crippen LogP contribution in [0, 0.1) is 13.8 Å². The first kappa shape index (κ1) is 13.2. The molecule has 2 rings (SSSR count). The Hall–Kier alpha value is -1.27. The minimum atomic E-state index is 0.0201. The highest BCUT2D eigenvalue weighted by Gasteiger charge is 2.18. The molecule has 0 nitrogen and oxygen atoms in total. The second kappa shape index (κ2) is 5.58. The van der Waals surface area contributed by atoms with E-state index in [2.05, 4.69) is 63.2 Å². The van der Waals surface area contributed by atoms with Crippen LogP contribution < -0.4 is 0 Å². The van der Waals surface area contributed by atoms with Crippen LogP contribution in [0.2, 0.25) is 0 Å². The third-order valence-electron chi connectivity index (χ3n) is 3.61. The third kappa shape index (κ3) is 2.76. The molecule has 1 heteroatoms. The molecule has 94 valence electrons. The fourth-order valence-corrected chi connectivity index (χ4v) is 2.43. The van der Waals surface area contributed by atoms with Crippen LogP contribution in [0.5, 0.6) is 0 Å². The SMILES string of the molecule is Cc1ccc(C(Cl)C(C)c2ccccc2)cc1C. The molecule has 0 radical (unpaired) electrons. The first-order valence-corrected chi connectivity index (χ1v) is 6.79. The van der Waals surface area contributed by atoms with Crippen LogP contribution in [0.1, 0.15) is 40.5 Å². The van der Waals surface area contributed by atoms with Crippen LogP contribution in [0.4, 0.5) is 0 Å². The van der Waals surface area contributed by atoms with Gasteiger partial charge in [-0.25, -0.2) is 0 Å². The van der Waals surface area contributed by atoms with E-state index in [-0.39, 0.29) is 5.38 Å². The van der Waals surface area contributed by atoms with Crippen molar-refractivity contribution >= 4 is 11.6 Å². The number of aryl methyl sites for hydroxylation is 2. The third-order valence-corrected chi connectivity index (χ3v) is 4.24. The highest BCUT2D eigenvalue weighted by Crippen LogP contribution is 2.36. The molecular weight excluding hydrogens is 240 g/mol. The van der Waals surface area contributed by atoms with E-state index in [1.165, 1.54) is 22.3 Å². The Morgan fingerprint density at radius 3 is 2.11 bits per heavy atom. The highest BCUT2D eigenvalue weighted by molar-refractivity contribution is 6.21. The predicted molar refractivity (Wildman–Crippen MR) is 79.4 cm³/mol. The second-order valence-electron chi connectivity index (χ2n) is 4.94. The van der Waals surface area contributed by atoms with Gasteiger partial charge in [-0.1, -0.05) is 55.5 Å². The van der Waals surface area contributed by atoms with Gasteiger partial charge in [0.25, 0.3) is 0 Å². The predicted octanol–water partition coefficient (Wildman–Crippen LogP) is 5.39. The average molecular weight is 259 g/mol. The van der Waals surface area contributed by atoms with Crippen molar-refractivity contribution in [2.24, 2.45) is 0 Å². The molecule has 2 unspecified atom stereocenters. The van der Waals surface area contributed by atoms with Gasteiger partial charge in [-0.05, 0) is 36.1 Å². The number of hydrogen-bond donors (Lipinski definition) is 0. The van der Waals surface area contributed by atoms with Gasteiger partial charge in [0.15, 0.2) is 0 Å². The quantitative estimate of drug-likeness (QED) is 0.648. The topological polar surface area (TPSA) is 0 Å². The van der Waals surface area contributed by atoms with Crippen LogP contribution in [0.15, 0.2) is 48.5 Å². The van der Waals surface area contributed by atoms with Gasteiger partial charge < -0.3 is 0 Å². The number of hydrogen-bond acceptors (Lipinski definition) is 0. The Bertz CT molecular complexity index is 516. The summed E-state index contributed by atoms with van der Waals surface area (Å²) in [6, 6.07) is 16.9. The van der Waals surface area contributed by atoms with Crippen molar-refractivity contribution < 1.29 is 0 Å². The number of halogens is 1. The monoisotopic (exact) mass is 258 g/mol. The van der Waals surface area contributed by atoms with Crippen molar-refractivity contribution in [1.82, 2.24) is 0 Å². The minimum Gasteiger partial charge on any atom is -0.117 e. The van der Waals surface area contributed by atoms with E-state index in [9.17, 15) is 0 Å². The largest absolute Gasteiger partial charge is 0.117 e. The molecule has 0 aliphatic heterocycles. The van der Waals surface area contributed by atoms with Gasteiger partial charge in [0, 0.05) is 5.92 Å². The van der Waals surface area contributed by atoms with Crippen LogP contribution >= 0.6 is 11.6 Å². The molecule has 0 bridgehead atoms. The number of alkyl halides is 1. The highest BCUT2D eigenvalue weighted by atomic mass is 35.5. The molecule has 0 spiro atoms. The number of rotatable bonds is 3. The van der Waals surface area contributed by atoms with E-state index in [4.69, 9.17) is 11.6 Å². The van der Waals surface area contributed by atoms with E-state index in [1.807, 2.05) is 6.07 Å². The fraction of sp³-hybridized carbons (Fsp3) is 0.294. The van der Waals surface area contributed by atoms with Crippen molar-refractivity contribution in [2.45, 2.75) is 32.1 Å². The molecule has 0 aromatic heterocycles. The summed E-state index contributed by atoms with van der Waals surface area (Å²) in [5.74, 6) is 0.315. The van der Waals surface area contributed by atoms with Gasteiger partial charge >= 0.3 is 0 Å². The van der Waals surface area contributed by atoms with E-state index < -0.39 is 0 Å². The molecule has 0 aliphatic rings. The summed E-state index contributed by atoms with van der Waals surface area (Å²) >= 11 is 6.62. The summed E-state index contributed by atoms with van der Waals surface area (Å²) in [4.78, 5) is 0. The first-order chi connectivity index (χ1) is 8.59. The molecule has 0 heterocycles. The van der Waals surface area contributed by atoms with Gasteiger partial charge in [-0.15, -0.1) is 11.6 Å². The lowest BCUT2D eigenvalue weighted by molar-refractivity contribution is 0.731. The van der Waals surface area contributed by atoms with Crippen LogP contribution in [0.25, 0.3) is 0 Å². The fourth-order valence-electron chi connectivity index (χ4n) is 2.15. The lowest BCUT2D eigenvalue weighted by atomic mass is 9.92. The molecule has 0 N–H and O–H groups in total. The van der Waals surface area contributed by atoms with E-state index in [0.29, 0.717) is 5.92 Å². The lowest BCUT2D eigenvalue weighted by Crippen LogP contribution is -2.03. The zero-order valence-corrected chi connectivity index (χ0v) is 11.9. The molecule has 2 aromatic rings. The Labute approximate surface area is 115 Å². The smallest absolute Gasteiger partial charge is 0.0651 e. The molecular formula is C17H19Cl. The summed E-state index contributed by atoms with van der Waals surface area (Å²) in [7, 11) is 0. The van der Waals surface area contributed by atoms with E-state index >= 15 is 0 Å².